The van der Waals surface area contributed by atoms with Crippen LogP contribution in [0.25, 0.3) is 0 Å². The van der Waals surface area contributed by atoms with E-state index < -0.39 is 28.0 Å². The van der Waals surface area contributed by atoms with Crippen LogP contribution in [0, 0.1) is 31.6 Å². The molecule has 1 saturated heterocycles. The molecule has 1 N–H and O–H groups in total. The summed E-state index contributed by atoms with van der Waals surface area (Å²) in [7, 11) is -3.60. The molecule has 4 atom stereocenters. The SMILES string of the molecule is Cc1ccc(S(=O)(=O)N2CCC(C(=O)O[C@H](C)C(=O)N[C@H]3CCC[C@H](C)[C@@H]3C)CC2)c(C)c1. The monoisotopic (exact) mass is 478 g/mol. The van der Waals surface area contributed by atoms with E-state index in [4.69, 9.17) is 4.74 Å². The molecule has 1 aliphatic heterocycles. The van der Waals surface area contributed by atoms with Crippen molar-refractivity contribution < 1.29 is 22.7 Å². The number of hydrogen-bond donors (Lipinski definition) is 1. The highest BCUT2D eigenvalue weighted by molar-refractivity contribution is 7.89. The molecule has 0 radical (unpaired) electrons. The summed E-state index contributed by atoms with van der Waals surface area (Å²) in [6.45, 7) is 10.2. The summed E-state index contributed by atoms with van der Waals surface area (Å²) in [5.74, 6) is -0.129. The number of ether oxygens (including phenoxy) is 1. The van der Waals surface area contributed by atoms with Gasteiger partial charge in [-0.1, -0.05) is 44.4 Å². The van der Waals surface area contributed by atoms with Crippen LogP contribution < -0.4 is 5.32 Å². The van der Waals surface area contributed by atoms with E-state index in [1.165, 1.54) is 10.7 Å². The summed E-state index contributed by atoms with van der Waals surface area (Å²) >= 11 is 0. The zero-order chi connectivity index (χ0) is 24.3. The second-order valence-electron chi connectivity index (χ2n) is 9.91. The molecule has 3 rings (SSSR count). The highest BCUT2D eigenvalue weighted by Gasteiger charge is 2.35. The fraction of sp³-hybridized carbons (Fsp3) is 0.680. The van der Waals surface area contributed by atoms with Crippen LogP contribution in [0.2, 0.25) is 0 Å². The number of carbonyl (C=O) groups is 2. The number of carbonyl (C=O) groups excluding carboxylic acids is 2. The minimum atomic E-state index is -3.60. The molecule has 1 amide bonds. The number of piperidine rings is 1. The van der Waals surface area contributed by atoms with Gasteiger partial charge < -0.3 is 10.1 Å². The van der Waals surface area contributed by atoms with Crippen LogP contribution in [-0.2, 0) is 24.3 Å². The highest BCUT2D eigenvalue weighted by Crippen LogP contribution is 2.30. The fourth-order valence-corrected chi connectivity index (χ4v) is 6.64. The smallest absolute Gasteiger partial charge is 0.309 e. The van der Waals surface area contributed by atoms with Gasteiger partial charge in [-0.2, -0.15) is 4.31 Å². The van der Waals surface area contributed by atoms with Gasteiger partial charge in [-0.15, -0.1) is 0 Å². The van der Waals surface area contributed by atoms with E-state index in [-0.39, 0.29) is 25.0 Å². The largest absolute Gasteiger partial charge is 0.452 e. The van der Waals surface area contributed by atoms with Crippen molar-refractivity contribution >= 4 is 21.9 Å². The van der Waals surface area contributed by atoms with Gasteiger partial charge in [0.15, 0.2) is 6.10 Å². The zero-order valence-electron chi connectivity index (χ0n) is 20.5. The highest BCUT2D eigenvalue weighted by atomic mass is 32.2. The summed E-state index contributed by atoms with van der Waals surface area (Å²) in [6, 6.07) is 5.42. The first-order chi connectivity index (χ1) is 15.5. The lowest BCUT2D eigenvalue weighted by molar-refractivity contribution is -0.160. The number of amides is 1. The van der Waals surface area contributed by atoms with E-state index in [0.29, 0.717) is 29.6 Å². The number of esters is 1. The van der Waals surface area contributed by atoms with Crippen molar-refractivity contribution in [1.29, 1.82) is 0 Å². The van der Waals surface area contributed by atoms with Crippen LogP contribution in [0.5, 0.6) is 0 Å². The van der Waals surface area contributed by atoms with E-state index in [2.05, 4.69) is 19.2 Å². The molecule has 8 heteroatoms. The fourth-order valence-electron chi connectivity index (χ4n) is 4.97. The Morgan fingerprint density at radius 2 is 1.76 bits per heavy atom. The summed E-state index contributed by atoms with van der Waals surface area (Å²) in [5.41, 5.74) is 1.73. The molecule has 1 aromatic rings. The number of sulfonamides is 1. The first kappa shape index (κ1) is 25.7. The van der Waals surface area contributed by atoms with Gasteiger partial charge in [-0.3, -0.25) is 9.59 Å². The van der Waals surface area contributed by atoms with Crippen molar-refractivity contribution in [2.75, 3.05) is 13.1 Å². The number of aryl methyl sites for hydroxylation is 2. The first-order valence-corrected chi connectivity index (χ1v) is 13.5. The number of hydrogen-bond acceptors (Lipinski definition) is 5. The van der Waals surface area contributed by atoms with Crippen molar-refractivity contribution in [2.24, 2.45) is 17.8 Å². The average molecular weight is 479 g/mol. The van der Waals surface area contributed by atoms with E-state index in [0.717, 1.165) is 24.0 Å². The third kappa shape index (κ3) is 5.96. The van der Waals surface area contributed by atoms with Crippen molar-refractivity contribution in [3.05, 3.63) is 29.3 Å². The number of benzene rings is 1. The van der Waals surface area contributed by atoms with Crippen molar-refractivity contribution in [3.8, 4) is 0 Å². The number of rotatable bonds is 6. The summed E-state index contributed by atoms with van der Waals surface area (Å²) in [6.07, 6.45) is 3.12. The second kappa shape index (κ2) is 10.6. The normalized spacial score (nSPS) is 25.9. The Morgan fingerprint density at radius 3 is 2.39 bits per heavy atom. The Morgan fingerprint density at radius 1 is 1.09 bits per heavy atom. The minimum Gasteiger partial charge on any atom is -0.452 e. The molecule has 1 aliphatic carbocycles. The molecule has 184 valence electrons. The van der Waals surface area contributed by atoms with Gasteiger partial charge in [0.1, 0.15) is 0 Å². The van der Waals surface area contributed by atoms with Gasteiger partial charge in [0.25, 0.3) is 5.91 Å². The summed E-state index contributed by atoms with van der Waals surface area (Å²) in [4.78, 5) is 25.6. The Bertz CT molecular complexity index is 969. The molecule has 0 bridgehead atoms. The van der Waals surface area contributed by atoms with Crippen LogP contribution in [0.3, 0.4) is 0 Å². The molecule has 2 fully saturated rings. The third-order valence-electron chi connectivity index (χ3n) is 7.43. The van der Waals surface area contributed by atoms with Crippen LogP contribution in [-0.4, -0.2) is 49.8 Å². The Balaban J connectivity index is 1.52. The van der Waals surface area contributed by atoms with Crippen LogP contribution >= 0.6 is 0 Å². The third-order valence-corrected chi connectivity index (χ3v) is 9.49. The molecule has 2 aliphatic rings. The van der Waals surface area contributed by atoms with Crippen molar-refractivity contribution in [2.45, 2.75) is 83.8 Å². The molecule has 0 unspecified atom stereocenters. The predicted octanol–water partition coefficient (Wildman–Crippen LogP) is 3.58. The van der Waals surface area contributed by atoms with Crippen LogP contribution in [0.1, 0.15) is 64.0 Å². The van der Waals surface area contributed by atoms with E-state index in [1.54, 1.807) is 26.0 Å². The Labute approximate surface area is 198 Å². The van der Waals surface area contributed by atoms with Gasteiger partial charge >= 0.3 is 5.97 Å². The predicted molar refractivity (Wildman–Crippen MR) is 127 cm³/mol. The Hall–Kier alpha value is -1.93. The lowest BCUT2D eigenvalue weighted by Gasteiger charge is -2.35. The second-order valence-corrected chi connectivity index (χ2v) is 11.8. The lowest BCUT2D eigenvalue weighted by atomic mass is 9.78. The molecule has 1 saturated carbocycles. The van der Waals surface area contributed by atoms with E-state index in [9.17, 15) is 18.0 Å². The van der Waals surface area contributed by atoms with Gasteiger partial charge in [0, 0.05) is 19.1 Å². The van der Waals surface area contributed by atoms with E-state index >= 15 is 0 Å². The number of nitrogens with zero attached hydrogens (tertiary/aromatic N) is 1. The van der Waals surface area contributed by atoms with Crippen molar-refractivity contribution in [3.63, 3.8) is 0 Å². The molecule has 0 spiro atoms. The topological polar surface area (TPSA) is 92.8 Å². The number of nitrogens with one attached hydrogen (secondary N) is 1. The van der Waals surface area contributed by atoms with Crippen molar-refractivity contribution in [1.82, 2.24) is 9.62 Å². The summed E-state index contributed by atoms with van der Waals surface area (Å²) in [5, 5.41) is 3.06. The van der Waals surface area contributed by atoms with Crippen LogP contribution in [0.15, 0.2) is 23.1 Å². The van der Waals surface area contributed by atoms with Gasteiger partial charge in [-0.25, -0.2) is 8.42 Å². The van der Waals surface area contributed by atoms with Crippen LogP contribution in [0.4, 0.5) is 0 Å². The maximum Gasteiger partial charge on any atom is 0.309 e. The average Bonchev–Trinajstić information content (AvgIpc) is 2.76. The quantitative estimate of drug-likeness (QED) is 0.631. The van der Waals surface area contributed by atoms with E-state index in [1.807, 2.05) is 13.0 Å². The molecule has 33 heavy (non-hydrogen) atoms. The molecule has 1 heterocycles. The van der Waals surface area contributed by atoms with Gasteiger partial charge in [0.05, 0.1) is 10.8 Å². The summed E-state index contributed by atoms with van der Waals surface area (Å²) < 4.78 is 33.0. The minimum absolute atomic E-state index is 0.112. The zero-order valence-corrected chi connectivity index (χ0v) is 21.3. The first-order valence-electron chi connectivity index (χ1n) is 12.1. The molecule has 7 nitrogen and oxygen atoms in total. The molecular weight excluding hydrogens is 440 g/mol. The standard InChI is InChI=1S/C25H38N2O5S/c1-16-9-10-23(18(3)15-16)33(30,31)27-13-11-21(12-14-27)25(29)32-20(5)24(28)26-22-8-6-7-17(2)19(22)4/h9-10,15,17,19-22H,6-8,11-14H2,1-5H3,(H,26,28)/t17-,19-,20+,22-/m0/s1. The van der Waals surface area contributed by atoms with Gasteiger partial charge in [-0.05, 0) is 63.5 Å². The molecule has 0 aromatic heterocycles. The van der Waals surface area contributed by atoms with Gasteiger partial charge in [0.2, 0.25) is 10.0 Å². The maximum absolute atomic E-state index is 13.1. The Kier molecular flexibility index (Phi) is 8.22. The molecule has 1 aromatic carbocycles. The lowest BCUT2D eigenvalue weighted by Crippen LogP contribution is -2.48. The maximum atomic E-state index is 13.1. The molecular formula is C25H38N2O5S.